The average molecular weight is 245 g/mol. The Morgan fingerprint density at radius 1 is 1.44 bits per heavy atom. The van der Waals surface area contributed by atoms with Crippen molar-refractivity contribution < 1.29 is 0 Å². The Bertz CT molecular complexity index is 414. The normalized spacial score (nSPS) is 28.4. The summed E-state index contributed by atoms with van der Waals surface area (Å²) < 4.78 is 0. The van der Waals surface area contributed by atoms with E-state index < -0.39 is 0 Å². The van der Waals surface area contributed by atoms with Gasteiger partial charge < -0.3 is 10.2 Å². The molecule has 1 aromatic rings. The van der Waals surface area contributed by atoms with Gasteiger partial charge in [0.1, 0.15) is 0 Å². The van der Waals surface area contributed by atoms with Gasteiger partial charge in [0.05, 0.1) is 11.4 Å². The molecule has 3 nitrogen and oxygen atoms in total. The van der Waals surface area contributed by atoms with Crippen molar-refractivity contribution in [2.24, 2.45) is 5.92 Å². The molecule has 0 spiro atoms. The third-order valence-electron chi connectivity index (χ3n) is 4.40. The van der Waals surface area contributed by atoms with Crippen molar-refractivity contribution in [1.29, 1.82) is 0 Å². The summed E-state index contributed by atoms with van der Waals surface area (Å²) in [7, 11) is 0. The molecule has 1 aliphatic heterocycles. The fraction of sp³-hybridized carbons (Fsp3) is 0.667. The van der Waals surface area contributed by atoms with Gasteiger partial charge in [0.2, 0.25) is 0 Å². The highest BCUT2D eigenvalue weighted by atomic mass is 15.2. The van der Waals surface area contributed by atoms with E-state index in [0.717, 1.165) is 24.7 Å². The zero-order valence-electron chi connectivity index (χ0n) is 11.4. The molecule has 18 heavy (non-hydrogen) atoms. The van der Waals surface area contributed by atoms with Gasteiger partial charge in [0.15, 0.2) is 0 Å². The van der Waals surface area contributed by atoms with Gasteiger partial charge in [-0.15, -0.1) is 0 Å². The van der Waals surface area contributed by atoms with E-state index in [1.54, 1.807) is 0 Å². The fourth-order valence-corrected chi connectivity index (χ4v) is 3.08. The maximum atomic E-state index is 4.45. The zero-order chi connectivity index (χ0) is 12.5. The lowest BCUT2D eigenvalue weighted by atomic mass is 10.0. The minimum absolute atomic E-state index is 0.614. The van der Waals surface area contributed by atoms with Crippen LogP contribution in [0.15, 0.2) is 18.3 Å². The number of hydrogen-bond donors (Lipinski definition) is 1. The van der Waals surface area contributed by atoms with Crippen LogP contribution >= 0.6 is 0 Å². The van der Waals surface area contributed by atoms with E-state index in [4.69, 9.17) is 0 Å². The number of anilines is 1. The number of aromatic nitrogens is 1. The van der Waals surface area contributed by atoms with Crippen molar-refractivity contribution in [1.82, 2.24) is 10.3 Å². The molecule has 1 saturated heterocycles. The standard InChI is InChI=1S/C15H23N3/c1-3-13-9-17-14(12-6-7-12)10-18(13)15-5-4-8-16-11(15)2/h4-5,8,12-14,17H,3,6-7,9-10H2,1-2H3. The number of rotatable bonds is 3. The molecule has 0 amide bonds. The first-order valence-corrected chi connectivity index (χ1v) is 7.21. The fourth-order valence-electron chi connectivity index (χ4n) is 3.08. The van der Waals surface area contributed by atoms with E-state index in [2.05, 4.69) is 41.2 Å². The predicted octanol–water partition coefficient (Wildman–Crippen LogP) is 2.36. The van der Waals surface area contributed by atoms with Gasteiger partial charge in [0.25, 0.3) is 0 Å². The van der Waals surface area contributed by atoms with E-state index in [1.807, 2.05) is 6.20 Å². The zero-order valence-corrected chi connectivity index (χ0v) is 11.4. The van der Waals surface area contributed by atoms with Gasteiger partial charge in [-0.25, -0.2) is 0 Å². The third-order valence-corrected chi connectivity index (χ3v) is 4.40. The number of aryl methyl sites for hydroxylation is 1. The molecule has 3 heteroatoms. The van der Waals surface area contributed by atoms with Crippen molar-refractivity contribution in [2.45, 2.75) is 45.2 Å². The second-order valence-corrected chi connectivity index (χ2v) is 5.67. The lowest BCUT2D eigenvalue weighted by Crippen LogP contribution is -2.57. The summed E-state index contributed by atoms with van der Waals surface area (Å²) in [4.78, 5) is 7.03. The molecule has 0 radical (unpaired) electrons. The molecule has 0 aromatic carbocycles. The molecule has 3 rings (SSSR count). The summed E-state index contributed by atoms with van der Waals surface area (Å²) in [6.45, 7) is 6.67. The number of hydrogen-bond acceptors (Lipinski definition) is 3. The van der Waals surface area contributed by atoms with Crippen LogP contribution in [0.5, 0.6) is 0 Å². The molecule has 1 aliphatic carbocycles. The SMILES string of the molecule is CCC1CNC(C2CC2)CN1c1cccnc1C. The van der Waals surface area contributed by atoms with Gasteiger partial charge in [-0.1, -0.05) is 6.92 Å². The monoisotopic (exact) mass is 245 g/mol. The second kappa shape index (κ2) is 4.88. The van der Waals surface area contributed by atoms with E-state index in [1.165, 1.54) is 24.9 Å². The molecule has 2 fully saturated rings. The molecule has 2 aliphatic rings. The Morgan fingerprint density at radius 3 is 2.94 bits per heavy atom. The van der Waals surface area contributed by atoms with E-state index in [-0.39, 0.29) is 0 Å². The number of nitrogens with one attached hydrogen (secondary N) is 1. The topological polar surface area (TPSA) is 28.2 Å². The molecule has 98 valence electrons. The van der Waals surface area contributed by atoms with Gasteiger partial charge in [-0.05, 0) is 44.2 Å². The highest BCUT2D eigenvalue weighted by Gasteiger charge is 2.37. The molecule has 2 unspecified atom stereocenters. The minimum Gasteiger partial charge on any atom is -0.364 e. The van der Waals surface area contributed by atoms with Crippen molar-refractivity contribution >= 4 is 5.69 Å². The predicted molar refractivity (Wildman–Crippen MR) is 74.9 cm³/mol. The van der Waals surface area contributed by atoms with Crippen LogP contribution < -0.4 is 10.2 Å². The Hall–Kier alpha value is -1.09. The first-order chi connectivity index (χ1) is 8.79. The van der Waals surface area contributed by atoms with Gasteiger partial charge in [-0.2, -0.15) is 0 Å². The summed E-state index contributed by atoms with van der Waals surface area (Å²) in [5.41, 5.74) is 2.49. The van der Waals surface area contributed by atoms with E-state index in [0.29, 0.717) is 12.1 Å². The van der Waals surface area contributed by atoms with Gasteiger partial charge >= 0.3 is 0 Å². The first-order valence-electron chi connectivity index (χ1n) is 7.21. The van der Waals surface area contributed by atoms with Crippen molar-refractivity contribution in [3.63, 3.8) is 0 Å². The van der Waals surface area contributed by atoms with Crippen molar-refractivity contribution in [3.05, 3.63) is 24.0 Å². The van der Waals surface area contributed by atoms with Crippen LogP contribution in [0.2, 0.25) is 0 Å². The van der Waals surface area contributed by atoms with Crippen molar-refractivity contribution in [3.8, 4) is 0 Å². The molecular formula is C15H23N3. The minimum atomic E-state index is 0.614. The Balaban J connectivity index is 1.83. The van der Waals surface area contributed by atoms with Crippen LogP contribution in [0.3, 0.4) is 0 Å². The molecule has 1 aromatic heterocycles. The molecule has 2 heterocycles. The lowest BCUT2D eigenvalue weighted by Gasteiger charge is -2.42. The molecule has 2 atom stereocenters. The number of piperazine rings is 1. The third kappa shape index (κ3) is 2.24. The quantitative estimate of drug-likeness (QED) is 0.886. The molecule has 0 bridgehead atoms. The maximum Gasteiger partial charge on any atom is 0.0605 e. The number of pyridine rings is 1. The summed E-state index contributed by atoms with van der Waals surface area (Å²) in [5.74, 6) is 0.919. The van der Waals surface area contributed by atoms with Crippen LogP contribution in [0, 0.1) is 12.8 Å². The smallest absolute Gasteiger partial charge is 0.0605 e. The summed E-state index contributed by atoms with van der Waals surface area (Å²) in [6.07, 6.45) is 5.90. The van der Waals surface area contributed by atoms with Crippen LogP contribution in [0.25, 0.3) is 0 Å². The summed E-state index contributed by atoms with van der Waals surface area (Å²) in [5, 5.41) is 3.74. The molecule has 1 N–H and O–H groups in total. The van der Waals surface area contributed by atoms with Crippen LogP contribution in [-0.2, 0) is 0 Å². The highest BCUT2D eigenvalue weighted by molar-refractivity contribution is 5.51. The molecular weight excluding hydrogens is 222 g/mol. The second-order valence-electron chi connectivity index (χ2n) is 5.67. The average Bonchev–Trinajstić information content (AvgIpc) is 3.23. The van der Waals surface area contributed by atoms with Crippen LogP contribution in [0.4, 0.5) is 5.69 Å². The lowest BCUT2D eigenvalue weighted by molar-refractivity contribution is 0.359. The summed E-state index contributed by atoms with van der Waals surface area (Å²) in [6, 6.07) is 5.58. The highest BCUT2D eigenvalue weighted by Crippen LogP contribution is 2.35. The van der Waals surface area contributed by atoms with Crippen LogP contribution in [0.1, 0.15) is 31.9 Å². The van der Waals surface area contributed by atoms with Gasteiger partial charge in [-0.3, -0.25) is 4.98 Å². The van der Waals surface area contributed by atoms with Gasteiger partial charge in [0, 0.05) is 31.4 Å². The summed E-state index contributed by atoms with van der Waals surface area (Å²) >= 11 is 0. The Labute approximate surface area is 110 Å². The maximum absolute atomic E-state index is 4.45. The van der Waals surface area contributed by atoms with E-state index in [9.17, 15) is 0 Å². The Kier molecular flexibility index (Phi) is 3.25. The first kappa shape index (κ1) is 12.0. The van der Waals surface area contributed by atoms with Crippen molar-refractivity contribution in [2.75, 3.05) is 18.0 Å². The van der Waals surface area contributed by atoms with Crippen LogP contribution in [-0.4, -0.2) is 30.2 Å². The Morgan fingerprint density at radius 2 is 2.28 bits per heavy atom. The molecule has 1 saturated carbocycles. The van der Waals surface area contributed by atoms with E-state index >= 15 is 0 Å². The number of nitrogens with zero attached hydrogens (tertiary/aromatic N) is 2. The largest absolute Gasteiger partial charge is 0.364 e.